The maximum atomic E-state index is 11.8. The van der Waals surface area contributed by atoms with Crippen LogP contribution in [0.15, 0.2) is 35.4 Å². The summed E-state index contributed by atoms with van der Waals surface area (Å²) in [5.41, 5.74) is 4.05. The normalized spacial score (nSPS) is 10.6. The minimum absolute atomic E-state index is 0.0740. The molecule has 0 unspecified atom stereocenters. The highest BCUT2D eigenvalue weighted by atomic mass is 16.6. The highest BCUT2D eigenvalue weighted by Crippen LogP contribution is 2.36. The number of aryl methyl sites for hydroxylation is 2. The molecule has 0 aliphatic heterocycles. The summed E-state index contributed by atoms with van der Waals surface area (Å²) in [7, 11) is 1.27. The van der Waals surface area contributed by atoms with Crippen molar-refractivity contribution in [2.24, 2.45) is 5.10 Å². The molecule has 0 heterocycles. The Morgan fingerprint density at radius 2 is 1.93 bits per heavy atom. The Balaban J connectivity index is 1.99. The van der Waals surface area contributed by atoms with E-state index in [4.69, 9.17) is 9.47 Å². The Morgan fingerprint density at radius 3 is 2.52 bits per heavy atom. The highest BCUT2D eigenvalue weighted by Gasteiger charge is 2.19. The lowest BCUT2D eigenvalue weighted by Gasteiger charge is -2.07. The van der Waals surface area contributed by atoms with Gasteiger partial charge in [-0.15, -0.1) is 0 Å². The van der Waals surface area contributed by atoms with Gasteiger partial charge in [-0.25, -0.2) is 5.43 Å². The van der Waals surface area contributed by atoms with Crippen LogP contribution in [0.5, 0.6) is 17.2 Å². The number of hydrogen-bond donors (Lipinski definition) is 2. The number of aromatic hydroxyl groups is 1. The highest BCUT2D eigenvalue weighted by molar-refractivity contribution is 5.85. The van der Waals surface area contributed by atoms with Gasteiger partial charge < -0.3 is 14.6 Å². The molecule has 0 spiro atoms. The van der Waals surface area contributed by atoms with Crippen molar-refractivity contribution in [1.29, 1.82) is 0 Å². The summed E-state index contributed by atoms with van der Waals surface area (Å²) < 4.78 is 10.3. The SMILES string of the molecule is COc1cc(/C=N\NC(=O)COc2cc(C)cc(C)c2)cc([N+](=O)[O-])c1O. The molecule has 0 bridgehead atoms. The maximum absolute atomic E-state index is 11.8. The summed E-state index contributed by atoms with van der Waals surface area (Å²) in [4.78, 5) is 22.0. The van der Waals surface area contributed by atoms with Crippen molar-refractivity contribution in [2.45, 2.75) is 13.8 Å². The third-order valence-corrected chi connectivity index (χ3v) is 3.46. The van der Waals surface area contributed by atoms with Crippen LogP contribution in [-0.2, 0) is 4.79 Å². The van der Waals surface area contributed by atoms with Crippen molar-refractivity contribution in [1.82, 2.24) is 5.43 Å². The van der Waals surface area contributed by atoms with E-state index >= 15 is 0 Å². The first-order chi connectivity index (χ1) is 12.8. The monoisotopic (exact) mass is 373 g/mol. The zero-order valence-corrected chi connectivity index (χ0v) is 15.1. The lowest BCUT2D eigenvalue weighted by molar-refractivity contribution is -0.386. The molecule has 0 aliphatic rings. The van der Waals surface area contributed by atoms with E-state index in [1.807, 2.05) is 32.0 Å². The van der Waals surface area contributed by atoms with Crippen LogP contribution >= 0.6 is 0 Å². The van der Waals surface area contributed by atoms with E-state index in [1.54, 1.807) is 0 Å². The molecule has 0 saturated carbocycles. The molecule has 9 nitrogen and oxygen atoms in total. The molecule has 0 fully saturated rings. The molecule has 0 saturated heterocycles. The van der Waals surface area contributed by atoms with Gasteiger partial charge in [-0.05, 0) is 43.2 Å². The van der Waals surface area contributed by atoms with Crippen LogP contribution in [0.25, 0.3) is 0 Å². The topological polar surface area (TPSA) is 123 Å². The minimum atomic E-state index is -0.745. The van der Waals surface area contributed by atoms with E-state index in [9.17, 15) is 20.0 Å². The van der Waals surface area contributed by atoms with Crippen LogP contribution in [0.2, 0.25) is 0 Å². The maximum Gasteiger partial charge on any atom is 0.315 e. The number of amides is 1. The van der Waals surface area contributed by atoms with Crippen molar-refractivity contribution in [3.8, 4) is 17.2 Å². The molecule has 0 aliphatic carbocycles. The molecule has 0 atom stereocenters. The number of nitrogens with zero attached hydrogens (tertiary/aromatic N) is 2. The van der Waals surface area contributed by atoms with E-state index in [-0.39, 0.29) is 17.9 Å². The van der Waals surface area contributed by atoms with Gasteiger partial charge in [0.05, 0.1) is 18.2 Å². The van der Waals surface area contributed by atoms with Crippen molar-refractivity contribution >= 4 is 17.8 Å². The third kappa shape index (κ3) is 5.43. The van der Waals surface area contributed by atoms with Gasteiger partial charge in [-0.1, -0.05) is 6.07 Å². The fourth-order valence-electron chi connectivity index (χ4n) is 2.36. The second kappa shape index (κ2) is 8.65. The fourth-order valence-corrected chi connectivity index (χ4v) is 2.36. The second-order valence-corrected chi connectivity index (χ2v) is 5.75. The number of hydrogen-bond acceptors (Lipinski definition) is 7. The van der Waals surface area contributed by atoms with Gasteiger partial charge in [0.2, 0.25) is 5.75 Å². The quantitative estimate of drug-likeness (QED) is 0.436. The fraction of sp³-hybridized carbons (Fsp3) is 0.222. The molecule has 2 N–H and O–H groups in total. The molecule has 0 radical (unpaired) electrons. The Kier molecular flexibility index (Phi) is 6.32. The summed E-state index contributed by atoms with van der Waals surface area (Å²) >= 11 is 0. The van der Waals surface area contributed by atoms with Gasteiger partial charge in [0.25, 0.3) is 5.91 Å². The standard InChI is InChI=1S/C18H19N3O6/c1-11-4-12(2)6-14(5-11)27-10-17(22)20-19-9-13-7-15(21(24)25)18(23)16(8-13)26-3/h4-9,23H,10H2,1-3H3,(H,20,22)/b19-9-. The van der Waals surface area contributed by atoms with Crippen LogP contribution < -0.4 is 14.9 Å². The number of rotatable bonds is 7. The Morgan fingerprint density at radius 1 is 1.26 bits per heavy atom. The first-order valence-electron chi connectivity index (χ1n) is 7.88. The number of phenols is 1. The average molecular weight is 373 g/mol. The van der Waals surface area contributed by atoms with Crippen LogP contribution in [0.1, 0.15) is 16.7 Å². The van der Waals surface area contributed by atoms with Crippen LogP contribution in [0, 0.1) is 24.0 Å². The van der Waals surface area contributed by atoms with Crippen molar-refractivity contribution < 1.29 is 24.3 Å². The Bertz CT molecular complexity index is 875. The number of phenolic OH excluding ortho intramolecular Hbond substituents is 1. The number of carbonyl (C=O) groups is 1. The molecule has 9 heteroatoms. The summed E-state index contributed by atoms with van der Waals surface area (Å²) in [6, 6.07) is 8.07. The third-order valence-electron chi connectivity index (χ3n) is 3.46. The average Bonchev–Trinajstić information content (AvgIpc) is 2.60. The lowest BCUT2D eigenvalue weighted by Crippen LogP contribution is -2.24. The summed E-state index contributed by atoms with van der Waals surface area (Å²) in [6.45, 7) is 3.62. The number of nitrogens with one attached hydrogen (secondary N) is 1. The summed E-state index contributed by atoms with van der Waals surface area (Å²) in [5.74, 6) is -0.572. The molecule has 2 rings (SSSR count). The molecule has 0 aromatic heterocycles. The lowest BCUT2D eigenvalue weighted by atomic mass is 10.1. The molecule has 142 valence electrons. The van der Waals surface area contributed by atoms with Crippen molar-refractivity contribution in [3.63, 3.8) is 0 Å². The summed E-state index contributed by atoms with van der Waals surface area (Å²) in [5, 5.41) is 24.4. The van der Waals surface area contributed by atoms with Gasteiger partial charge in [0.1, 0.15) is 5.75 Å². The molecular formula is C18H19N3O6. The summed E-state index contributed by atoms with van der Waals surface area (Å²) in [6.07, 6.45) is 1.20. The first kappa shape index (κ1) is 19.7. The van der Waals surface area contributed by atoms with Crippen LogP contribution in [0.4, 0.5) is 5.69 Å². The largest absolute Gasteiger partial charge is 0.500 e. The molecule has 2 aromatic carbocycles. The van der Waals surface area contributed by atoms with E-state index in [2.05, 4.69) is 10.5 Å². The zero-order valence-electron chi connectivity index (χ0n) is 15.1. The van der Waals surface area contributed by atoms with E-state index in [0.717, 1.165) is 17.2 Å². The molecule has 2 aromatic rings. The van der Waals surface area contributed by atoms with Crippen LogP contribution in [0.3, 0.4) is 0 Å². The molecule has 1 amide bonds. The smallest absolute Gasteiger partial charge is 0.315 e. The van der Waals surface area contributed by atoms with Crippen LogP contribution in [-0.4, -0.2) is 35.9 Å². The number of nitro benzene ring substituents is 1. The second-order valence-electron chi connectivity index (χ2n) is 5.75. The molecule has 27 heavy (non-hydrogen) atoms. The van der Waals surface area contributed by atoms with Gasteiger partial charge >= 0.3 is 5.69 Å². The van der Waals surface area contributed by atoms with Crippen molar-refractivity contribution in [2.75, 3.05) is 13.7 Å². The Labute approximate surface area is 155 Å². The van der Waals surface area contributed by atoms with Crippen molar-refractivity contribution in [3.05, 3.63) is 57.1 Å². The minimum Gasteiger partial charge on any atom is -0.500 e. The molecular weight excluding hydrogens is 354 g/mol. The number of carbonyl (C=O) groups excluding carboxylic acids is 1. The number of benzene rings is 2. The Hall–Kier alpha value is -3.62. The number of nitro groups is 1. The van der Waals surface area contributed by atoms with E-state index < -0.39 is 22.3 Å². The number of methoxy groups -OCH3 is 1. The van der Waals surface area contributed by atoms with E-state index in [1.165, 1.54) is 19.4 Å². The van der Waals surface area contributed by atoms with Gasteiger partial charge in [-0.3, -0.25) is 14.9 Å². The number of ether oxygens (including phenoxy) is 2. The predicted molar refractivity (Wildman–Crippen MR) is 98.5 cm³/mol. The first-order valence-corrected chi connectivity index (χ1v) is 7.88. The van der Waals surface area contributed by atoms with E-state index in [0.29, 0.717) is 5.75 Å². The zero-order chi connectivity index (χ0) is 20.0. The van der Waals surface area contributed by atoms with Gasteiger partial charge in [-0.2, -0.15) is 5.10 Å². The predicted octanol–water partition coefficient (Wildman–Crippen LogP) is 2.45. The number of hydrazone groups is 1. The van der Waals surface area contributed by atoms with Gasteiger partial charge in [0, 0.05) is 11.6 Å². The van der Waals surface area contributed by atoms with Gasteiger partial charge in [0.15, 0.2) is 12.4 Å².